The molecule has 4 atom stereocenters. The van der Waals surface area contributed by atoms with Crippen molar-refractivity contribution in [1.29, 1.82) is 0 Å². The fourth-order valence-electron chi connectivity index (χ4n) is 2.98. The van der Waals surface area contributed by atoms with Gasteiger partial charge in [-0.3, -0.25) is 9.59 Å². The van der Waals surface area contributed by atoms with Crippen LogP contribution in [0.2, 0.25) is 0 Å². The van der Waals surface area contributed by atoms with E-state index in [9.17, 15) is 19.8 Å². The van der Waals surface area contributed by atoms with Crippen LogP contribution in [0.1, 0.15) is 72.1 Å². The van der Waals surface area contributed by atoms with Crippen molar-refractivity contribution >= 4 is 11.8 Å². The molecule has 0 aromatic heterocycles. The van der Waals surface area contributed by atoms with E-state index in [2.05, 4.69) is 0 Å². The zero-order chi connectivity index (χ0) is 18.5. The Balaban J connectivity index is 0.00000254. The zero-order valence-corrected chi connectivity index (χ0v) is 15.3. The third-order valence-corrected chi connectivity index (χ3v) is 4.36. The fraction of sp³-hybridized carbons (Fsp3) is 0.789. The highest BCUT2D eigenvalue weighted by molar-refractivity contribution is 5.84. The van der Waals surface area contributed by atoms with Crippen LogP contribution < -0.4 is 0 Å². The van der Waals surface area contributed by atoms with E-state index in [0.717, 1.165) is 25.7 Å². The highest BCUT2D eigenvalue weighted by atomic mass is 16.4. The van der Waals surface area contributed by atoms with E-state index in [-0.39, 0.29) is 30.5 Å². The lowest BCUT2D eigenvalue weighted by atomic mass is 9.88. The highest BCUT2D eigenvalue weighted by Crippen LogP contribution is 2.34. The number of Topliss-reactive ketones (excluding diaryl/α,β-unsaturated/α-hetero) is 1. The first kappa shape index (κ1) is 22.8. The van der Waals surface area contributed by atoms with Gasteiger partial charge in [-0.25, -0.2) is 0 Å². The number of carboxylic acids is 1. The minimum Gasteiger partial charge on any atom is -0.481 e. The molecule has 1 fully saturated rings. The summed E-state index contributed by atoms with van der Waals surface area (Å²) in [6.07, 6.45) is 7.30. The third-order valence-electron chi connectivity index (χ3n) is 4.36. The number of aliphatic hydroxyl groups is 2. The molecule has 1 rings (SSSR count). The van der Waals surface area contributed by atoms with Crippen LogP contribution in [-0.2, 0) is 9.59 Å². The van der Waals surface area contributed by atoms with Gasteiger partial charge in [0.1, 0.15) is 5.78 Å². The Morgan fingerprint density at radius 3 is 2.46 bits per heavy atom. The predicted molar refractivity (Wildman–Crippen MR) is 94.7 cm³/mol. The summed E-state index contributed by atoms with van der Waals surface area (Å²) >= 11 is 0. The molecule has 140 valence electrons. The van der Waals surface area contributed by atoms with E-state index in [1.54, 1.807) is 12.2 Å². The van der Waals surface area contributed by atoms with Crippen molar-refractivity contribution in [2.24, 2.45) is 11.8 Å². The van der Waals surface area contributed by atoms with Crippen molar-refractivity contribution < 1.29 is 24.9 Å². The smallest absolute Gasteiger partial charge is 0.303 e. The van der Waals surface area contributed by atoms with Crippen molar-refractivity contribution in [1.82, 2.24) is 0 Å². The van der Waals surface area contributed by atoms with E-state index in [0.29, 0.717) is 12.8 Å². The van der Waals surface area contributed by atoms with Gasteiger partial charge >= 0.3 is 5.97 Å². The minimum absolute atomic E-state index is 0.0960. The number of carbonyl (C=O) groups excluding carboxylic acids is 1. The maximum atomic E-state index is 12.0. The van der Waals surface area contributed by atoms with Crippen LogP contribution in [-0.4, -0.2) is 39.3 Å². The lowest BCUT2D eigenvalue weighted by Gasteiger charge is -2.17. The average molecular weight is 342 g/mol. The predicted octanol–water partition coefficient (Wildman–Crippen LogP) is 3.33. The summed E-state index contributed by atoms with van der Waals surface area (Å²) in [6, 6.07) is 0. The number of unbranched alkanes of at least 4 members (excludes halogenated alkanes) is 3. The van der Waals surface area contributed by atoms with Gasteiger partial charge in [-0.1, -0.05) is 52.2 Å². The molecule has 0 amide bonds. The Kier molecular flexibility index (Phi) is 12.5. The van der Waals surface area contributed by atoms with Gasteiger partial charge in [-0.05, 0) is 19.3 Å². The SMILES string of the molecule is CC.CCC(O)C=CC1C(O)CC(=O)C1CCCCCCC(=O)O. The van der Waals surface area contributed by atoms with E-state index < -0.39 is 18.2 Å². The standard InChI is InChI=1S/C17H28O5.C2H6/c1-2-12(18)9-10-14-13(15(19)11-16(14)20)7-5-3-4-6-8-17(21)22;1-2/h9-10,12-14,16,18,20H,2-8,11H2,1H3,(H,21,22);1-2H3. The molecule has 0 aromatic rings. The van der Waals surface area contributed by atoms with Crippen molar-refractivity contribution in [2.75, 3.05) is 0 Å². The Bertz CT molecular complexity index is 391. The van der Waals surface area contributed by atoms with Crippen LogP contribution in [0.5, 0.6) is 0 Å². The molecule has 1 saturated carbocycles. The van der Waals surface area contributed by atoms with Gasteiger partial charge in [0, 0.05) is 24.7 Å². The summed E-state index contributed by atoms with van der Waals surface area (Å²) in [5.74, 6) is -1.05. The Labute approximate surface area is 145 Å². The maximum Gasteiger partial charge on any atom is 0.303 e. The molecule has 1 aliphatic rings. The van der Waals surface area contributed by atoms with Gasteiger partial charge in [0.2, 0.25) is 0 Å². The molecule has 0 saturated heterocycles. The molecule has 0 radical (unpaired) electrons. The second kappa shape index (κ2) is 13.1. The number of carboxylic acid groups (broad SMARTS) is 1. The fourth-order valence-corrected chi connectivity index (χ4v) is 2.98. The van der Waals surface area contributed by atoms with E-state index in [1.807, 2.05) is 20.8 Å². The number of ketones is 1. The van der Waals surface area contributed by atoms with E-state index in [4.69, 9.17) is 5.11 Å². The summed E-state index contributed by atoms with van der Waals surface area (Å²) < 4.78 is 0. The second-order valence-corrected chi connectivity index (χ2v) is 6.13. The normalized spacial score (nSPS) is 24.7. The van der Waals surface area contributed by atoms with Crippen molar-refractivity contribution in [3.8, 4) is 0 Å². The molecule has 0 aliphatic heterocycles. The first-order valence-corrected chi connectivity index (χ1v) is 9.24. The Morgan fingerprint density at radius 2 is 1.88 bits per heavy atom. The monoisotopic (exact) mass is 342 g/mol. The topological polar surface area (TPSA) is 94.8 Å². The number of hydrogen-bond donors (Lipinski definition) is 3. The summed E-state index contributed by atoms with van der Waals surface area (Å²) in [4.78, 5) is 22.4. The quantitative estimate of drug-likeness (QED) is 0.418. The number of hydrogen-bond acceptors (Lipinski definition) is 4. The second-order valence-electron chi connectivity index (χ2n) is 6.13. The van der Waals surface area contributed by atoms with Crippen molar-refractivity contribution in [3.63, 3.8) is 0 Å². The molecule has 5 heteroatoms. The minimum atomic E-state index is -0.770. The van der Waals surface area contributed by atoms with Crippen molar-refractivity contribution in [2.45, 2.75) is 84.3 Å². The van der Waals surface area contributed by atoms with Gasteiger partial charge < -0.3 is 15.3 Å². The largest absolute Gasteiger partial charge is 0.481 e. The summed E-state index contributed by atoms with van der Waals surface area (Å²) in [5, 5.41) is 28.1. The Hall–Kier alpha value is -1.20. The van der Waals surface area contributed by atoms with Crippen LogP contribution in [0.25, 0.3) is 0 Å². The molecular weight excluding hydrogens is 308 g/mol. The average Bonchev–Trinajstić information content (AvgIpc) is 2.83. The number of rotatable bonds is 10. The molecule has 3 N–H and O–H groups in total. The third kappa shape index (κ3) is 8.60. The van der Waals surface area contributed by atoms with Crippen LogP contribution >= 0.6 is 0 Å². The number of aliphatic carboxylic acids is 1. The molecule has 1 aliphatic carbocycles. The molecular formula is C19H34O5. The zero-order valence-electron chi connectivity index (χ0n) is 15.3. The van der Waals surface area contributed by atoms with Gasteiger partial charge in [0.05, 0.1) is 12.2 Å². The van der Waals surface area contributed by atoms with Gasteiger partial charge in [-0.2, -0.15) is 0 Å². The molecule has 24 heavy (non-hydrogen) atoms. The number of carbonyl (C=O) groups is 2. The number of aliphatic hydroxyl groups excluding tert-OH is 2. The Morgan fingerprint density at radius 1 is 1.25 bits per heavy atom. The molecule has 0 heterocycles. The van der Waals surface area contributed by atoms with Crippen LogP contribution in [0, 0.1) is 11.8 Å². The van der Waals surface area contributed by atoms with Crippen LogP contribution in [0.4, 0.5) is 0 Å². The van der Waals surface area contributed by atoms with Crippen LogP contribution in [0.3, 0.4) is 0 Å². The van der Waals surface area contributed by atoms with E-state index >= 15 is 0 Å². The summed E-state index contributed by atoms with van der Waals surface area (Å²) in [7, 11) is 0. The first-order valence-electron chi connectivity index (χ1n) is 9.24. The summed E-state index contributed by atoms with van der Waals surface area (Å²) in [5.41, 5.74) is 0. The van der Waals surface area contributed by atoms with Crippen LogP contribution in [0.15, 0.2) is 12.2 Å². The lowest BCUT2D eigenvalue weighted by molar-refractivity contribution is -0.137. The molecule has 0 spiro atoms. The molecule has 4 unspecified atom stereocenters. The first-order chi connectivity index (χ1) is 11.5. The van der Waals surface area contributed by atoms with E-state index in [1.165, 1.54) is 0 Å². The molecule has 0 bridgehead atoms. The van der Waals surface area contributed by atoms with Crippen molar-refractivity contribution in [3.05, 3.63) is 12.2 Å². The molecule has 5 nitrogen and oxygen atoms in total. The summed E-state index contributed by atoms with van der Waals surface area (Å²) in [6.45, 7) is 5.87. The van der Waals surface area contributed by atoms with Gasteiger partial charge in [-0.15, -0.1) is 0 Å². The maximum absolute atomic E-state index is 12.0. The lowest BCUT2D eigenvalue weighted by Crippen LogP contribution is -2.19. The van der Waals surface area contributed by atoms with Gasteiger partial charge in [0.15, 0.2) is 0 Å². The van der Waals surface area contributed by atoms with Gasteiger partial charge in [0.25, 0.3) is 0 Å². The molecule has 0 aromatic carbocycles. The highest BCUT2D eigenvalue weighted by Gasteiger charge is 2.39.